The molecular weight excluding hydrogens is 204 g/mol. The summed E-state index contributed by atoms with van der Waals surface area (Å²) in [5.41, 5.74) is -0.205. The quantitative estimate of drug-likeness (QED) is 0.805. The third-order valence-corrected chi connectivity index (χ3v) is 2.26. The number of nitrogens with one attached hydrogen (secondary N) is 1. The van der Waals surface area contributed by atoms with E-state index < -0.39 is 0 Å². The van der Waals surface area contributed by atoms with Crippen LogP contribution >= 0.6 is 0 Å². The van der Waals surface area contributed by atoms with E-state index in [1.807, 2.05) is 39.0 Å². The van der Waals surface area contributed by atoms with Crippen LogP contribution in [0.3, 0.4) is 0 Å². The van der Waals surface area contributed by atoms with Gasteiger partial charge in [0.05, 0.1) is 12.2 Å². The molecule has 0 aliphatic rings. The summed E-state index contributed by atoms with van der Waals surface area (Å²) in [4.78, 5) is 4.31. The molecule has 0 atom stereocenters. The van der Waals surface area contributed by atoms with Crippen molar-refractivity contribution in [3.63, 3.8) is 0 Å². The maximum atomic E-state index is 5.32. The van der Waals surface area contributed by atoms with Crippen LogP contribution in [0.5, 0.6) is 5.88 Å². The van der Waals surface area contributed by atoms with Crippen molar-refractivity contribution in [2.45, 2.75) is 26.4 Å². The Morgan fingerprint density at radius 2 is 2.12 bits per heavy atom. The molecule has 1 aromatic rings. The predicted octanol–water partition coefficient (Wildman–Crippen LogP) is 2.32. The van der Waals surface area contributed by atoms with Crippen molar-refractivity contribution in [3.8, 4) is 5.88 Å². The summed E-state index contributed by atoms with van der Waals surface area (Å²) in [7, 11) is 1.70. The number of anilines is 1. The van der Waals surface area contributed by atoms with Gasteiger partial charge in [0.15, 0.2) is 0 Å². The summed E-state index contributed by atoms with van der Waals surface area (Å²) in [6, 6.07) is 5.67. The Balaban J connectivity index is 2.57. The molecule has 0 aliphatic carbocycles. The Bertz CT molecular complexity index is 327. The number of aromatic nitrogens is 1. The standard InChI is InChI=1S/C12H20N2O2/c1-5-16-11-8-6-7-10(14-11)13-9-12(2,3)15-4/h6-8H,5,9H2,1-4H3,(H,13,14). The highest BCUT2D eigenvalue weighted by Gasteiger charge is 2.15. The van der Waals surface area contributed by atoms with Crippen molar-refractivity contribution in [3.05, 3.63) is 18.2 Å². The Hall–Kier alpha value is -1.29. The van der Waals surface area contributed by atoms with Crippen molar-refractivity contribution in [1.29, 1.82) is 0 Å². The zero-order valence-corrected chi connectivity index (χ0v) is 10.4. The van der Waals surface area contributed by atoms with Crippen LogP contribution in [0.2, 0.25) is 0 Å². The molecule has 16 heavy (non-hydrogen) atoms. The fraction of sp³-hybridized carbons (Fsp3) is 0.583. The Labute approximate surface area is 97.0 Å². The second-order valence-electron chi connectivity index (χ2n) is 4.11. The average molecular weight is 224 g/mol. The average Bonchev–Trinajstić information content (AvgIpc) is 2.28. The normalized spacial score (nSPS) is 11.2. The van der Waals surface area contributed by atoms with Crippen molar-refractivity contribution in [2.24, 2.45) is 0 Å². The van der Waals surface area contributed by atoms with Crippen LogP contribution in [0.15, 0.2) is 18.2 Å². The van der Waals surface area contributed by atoms with Crippen LogP contribution in [-0.4, -0.2) is 30.8 Å². The molecule has 0 saturated carbocycles. The van der Waals surface area contributed by atoms with Crippen molar-refractivity contribution in [1.82, 2.24) is 4.98 Å². The molecule has 0 aromatic carbocycles. The molecule has 1 heterocycles. The van der Waals surface area contributed by atoms with Crippen LogP contribution in [0.4, 0.5) is 5.82 Å². The lowest BCUT2D eigenvalue weighted by Crippen LogP contribution is -2.32. The molecule has 0 saturated heterocycles. The topological polar surface area (TPSA) is 43.4 Å². The van der Waals surface area contributed by atoms with Gasteiger partial charge in [0, 0.05) is 19.7 Å². The van der Waals surface area contributed by atoms with Gasteiger partial charge < -0.3 is 14.8 Å². The maximum Gasteiger partial charge on any atom is 0.215 e. The van der Waals surface area contributed by atoms with Gasteiger partial charge in [-0.3, -0.25) is 0 Å². The number of hydrogen-bond donors (Lipinski definition) is 1. The first-order chi connectivity index (χ1) is 7.57. The second kappa shape index (κ2) is 5.70. The van der Waals surface area contributed by atoms with Gasteiger partial charge in [0.2, 0.25) is 5.88 Å². The number of methoxy groups -OCH3 is 1. The maximum absolute atomic E-state index is 5.32. The predicted molar refractivity (Wildman–Crippen MR) is 65.0 cm³/mol. The first kappa shape index (κ1) is 12.8. The molecule has 0 amide bonds. The number of pyridine rings is 1. The van der Waals surface area contributed by atoms with E-state index in [4.69, 9.17) is 9.47 Å². The SMILES string of the molecule is CCOc1cccc(NCC(C)(C)OC)n1. The molecule has 1 aromatic heterocycles. The first-order valence-corrected chi connectivity index (χ1v) is 5.46. The zero-order valence-electron chi connectivity index (χ0n) is 10.4. The summed E-state index contributed by atoms with van der Waals surface area (Å²) >= 11 is 0. The van der Waals surface area contributed by atoms with Crippen LogP contribution in [-0.2, 0) is 4.74 Å². The number of nitrogens with zero attached hydrogens (tertiary/aromatic N) is 1. The van der Waals surface area contributed by atoms with Gasteiger partial charge in [-0.05, 0) is 26.8 Å². The largest absolute Gasteiger partial charge is 0.478 e. The fourth-order valence-electron chi connectivity index (χ4n) is 1.12. The first-order valence-electron chi connectivity index (χ1n) is 5.46. The monoisotopic (exact) mass is 224 g/mol. The molecule has 0 radical (unpaired) electrons. The minimum Gasteiger partial charge on any atom is -0.478 e. The highest BCUT2D eigenvalue weighted by atomic mass is 16.5. The van der Waals surface area contributed by atoms with Gasteiger partial charge in [0.1, 0.15) is 5.82 Å². The molecule has 0 unspecified atom stereocenters. The van der Waals surface area contributed by atoms with E-state index >= 15 is 0 Å². The van der Waals surface area contributed by atoms with Crippen molar-refractivity contribution >= 4 is 5.82 Å². The second-order valence-corrected chi connectivity index (χ2v) is 4.11. The Morgan fingerprint density at radius 1 is 1.38 bits per heavy atom. The van der Waals surface area contributed by atoms with Crippen molar-refractivity contribution in [2.75, 3.05) is 25.6 Å². The van der Waals surface area contributed by atoms with Gasteiger partial charge >= 0.3 is 0 Å². The molecule has 4 heteroatoms. The van der Waals surface area contributed by atoms with Crippen LogP contribution in [0.1, 0.15) is 20.8 Å². The minimum atomic E-state index is -0.205. The number of ether oxygens (including phenoxy) is 2. The number of rotatable bonds is 6. The van der Waals surface area contributed by atoms with Gasteiger partial charge in [-0.25, -0.2) is 0 Å². The smallest absolute Gasteiger partial charge is 0.215 e. The number of hydrogen-bond acceptors (Lipinski definition) is 4. The van der Waals surface area contributed by atoms with Crippen LogP contribution < -0.4 is 10.1 Å². The molecule has 0 fully saturated rings. The van der Waals surface area contributed by atoms with Gasteiger partial charge in [-0.15, -0.1) is 0 Å². The van der Waals surface area contributed by atoms with Gasteiger partial charge in [0.25, 0.3) is 0 Å². The highest BCUT2D eigenvalue weighted by Crippen LogP contribution is 2.13. The lowest BCUT2D eigenvalue weighted by Gasteiger charge is -2.23. The summed E-state index contributed by atoms with van der Waals surface area (Å²) < 4.78 is 10.6. The third-order valence-electron chi connectivity index (χ3n) is 2.26. The highest BCUT2D eigenvalue weighted by molar-refractivity contribution is 5.37. The summed E-state index contributed by atoms with van der Waals surface area (Å²) in [5, 5.41) is 3.22. The molecule has 90 valence electrons. The molecule has 4 nitrogen and oxygen atoms in total. The summed E-state index contributed by atoms with van der Waals surface area (Å²) in [5.74, 6) is 1.44. The Kier molecular flexibility index (Phi) is 4.55. The third kappa shape index (κ3) is 4.06. The molecule has 1 N–H and O–H groups in total. The molecular formula is C12H20N2O2. The zero-order chi connectivity index (χ0) is 12.0. The van der Waals surface area contributed by atoms with E-state index in [0.29, 0.717) is 19.0 Å². The summed E-state index contributed by atoms with van der Waals surface area (Å²) in [6.45, 7) is 7.31. The Morgan fingerprint density at radius 3 is 2.75 bits per heavy atom. The lowest BCUT2D eigenvalue weighted by atomic mass is 10.1. The minimum absolute atomic E-state index is 0.205. The van der Waals surface area contributed by atoms with Crippen molar-refractivity contribution < 1.29 is 9.47 Å². The van der Waals surface area contributed by atoms with E-state index in [-0.39, 0.29) is 5.60 Å². The van der Waals surface area contributed by atoms with E-state index in [0.717, 1.165) is 5.82 Å². The molecule has 0 bridgehead atoms. The van der Waals surface area contributed by atoms with E-state index in [9.17, 15) is 0 Å². The summed E-state index contributed by atoms with van der Waals surface area (Å²) in [6.07, 6.45) is 0. The van der Waals surface area contributed by atoms with E-state index in [1.165, 1.54) is 0 Å². The van der Waals surface area contributed by atoms with Gasteiger partial charge in [-0.1, -0.05) is 6.07 Å². The molecule has 0 aliphatic heterocycles. The van der Waals surface area contributed by atoms with Crippen LogP contribution in [0.25, 0.3) is 0 Å². The van der Waals surface area contributed by atoms with E-state index in [1.54, 1.807) is 7.11 Å². The van der Waals surface area contributed by atoms with Crippen LogP contribution in [0, 0.1) is 0 Å². The van der Waals surface area contributed by atoms with Gasteiger partial charge in [-0.2, -0.15) is 4.98 Å². The molecule has 1 rings (SSSR count). The molecule has 0 spiro atoms. The van der Waals surface area contributed by atoms with E-state index in [2.05, 4.69) is 10.3 Å². The fourth-order valence-corrected chi connectivity index (χ4v) is 1.12. The lowest BCUT2D eigenvalue weighted by molar-refractivity contribution is 0.0343.